The molecule has 1 atom stereocenters. The Morgan fingerprint density at radius 1 is 1.62 bits per heavy atom. The zero-order valence-electron chi connectivity index (χ0n) is 10.4. The van der Waals surface area contributed by atoms with Gasteiger partial charge >= 0.3 is 0 Å². The molecule has 1 aromatic heterocycles. The first-order valence-electron chi connectivity index (χ1n) is 5.91. The SMILES string of the molecule is CNC(C)(C)c1cncn1CC1CCSC1. The number of rotatable bonds is 4. The second kappa shape index (κ2) is 4.80. The Morgan fingerprint density at radius 2 is 2.44 bits per heavy atom. The third-order valence-corrected chi connectivity index (χ3v) is 4.69. The van der Waals surface area contributed by atoms with Crippen LogP contribution < -0.4 is 5.32 Å². The van der Waals surface area contributed by atoms with Crippen molar-refractivity contribution in [2.75, 3.05) is 18.6 Å². The quantitative estimate of drug-likeness (QED) is 0.872. The predicted molar refractivity (Wildman–Crippen MR) is 69.7 cm³/mol. The van der Waals surface area contributed by atoms with Crippen LogP contribution in [0.2, 0.25) is 0 Å². The van der Waals surface area contributed by atoms with E-state index in [1.807, 2.05) is 19.6 Å². The number of hydrogen-bond donors (Lipinski definition) is 1. The molecular weight excluding hydrogens is 218 g/mol. The molecule has 1 aromatic rings. The first kappa shape index (κ1) is 12.0. The Bertz CT molecular complexity index is 340. The Morgan fingerprint density at radius 3 is 3.06 bits per heavy atom. The summed E-state index contributed by atoms with van der Waals surface area (Å²) < 4.78 is 2.31. The van der Waals surface area contributed by atoms with Gasteiger partial charge in [0.05, 0.1) is 17.6 Å². The van der Waals surface area contributed by atoms with Gasteiger partial charge in [-0.25, -0.2) is 4.98 Å². The molecule has 16 heavy (non-hydrogen) atoms. The van der Waals surface area contributed by atoms with Crippen molar-refractivity contribution >= 4 is 11.8 Å². The average molecular weight is 239 g/mol. The summed E-state index contributed by atoms with van der Waals surface area (Å²) in [5, 5.41) is 3.34. The molecule has 0 aromatic carbocycles. The minimum absolute atomic E-state index is 0.00223. The topological polar surface area (TPSA) is 29.9 Å². The molecule has 1 aliphatic heterocycles. The molecule has 0 radical (unpaired) electrons. The molecule has 0 saturated carbocycles. The highest BCUT2D eigenvalue weighted by Gasteiger charge is 2.24. The highest BCUT2D eigenvalue weighted by molar-refractivity contribution is 7.99. The van der Waals surface area contributed by atoms with E-state index in [1.165, 1.54) is 23.6 Å². The summed E-state index contributed by atoms with van der Waals surface area (Å²) in [5.74, 6) is 3.45. The summed E-state index contributed by atoms with van der Waals surface area (Å²) in [6.07, 6.45) is 5.30. The van der Waals surface area contributed by atoms with Gasteiger partial charge in [-0.05, 0) is 44.7 Å². The monoisotopic (exact) mass is 239 g/mol. The van der Waals surface area contributed by atoms with Gasteiger partial charge in [0.25, 0.3) is 0 Å². The summed E-state index contributed by atoms with van der Waals surface area (Å²) in [4.78, 5) is 4.29. The lowest BCUT2D eigenvalue weighted by molar-refractivity contribution is 0.388. The van der Waals surface area contributed by atoms with E-state index in [1.54, 1.807) is 0 Å². The Balaban J connectivity index is 2.12. The van der Waals surface area contributed by atoms with E-state index >= 15 is 0 Å². The third-order valence-electron chi connectivity index (χ3n) is 3.46. The largest absolute Gasteiger partial charge is 0.333 e. The first-order valence-corrected chi connectivity index (χ1v) is 7.06. The molecular formula is C12H21N3S. The van der Waals surface area contributed by atoms with Crippen LogP contribution in [0.5, 0.6) is 0 Å². The summed E-state index contributed by atoms with van der Waals surface area (Å²) >= 11 is 2.07. The molecule has 0 aliphatic carbocycles. The molecule has 1 unspecified atom stereocenters. The second-order valence-electron chi connectivity index (χ2n) is 5.04. The summed E-state index contributed by atoms with van der Waals surface area (Å²) in [7, 11) is 2.00. The maximum Gasteiger partial charge on any atom is 0.0948 e. The fraction of sp³-hybridized carbons (Fsp3) is 0.750. The van der Waals surface area contributed by atoms with Crippen molar-refractivity contribution in [3.8, 4) is 0 Å². The normalized spacial score (nSPS) is 21.6. The Labute approximate surface area is 102 Å². The molecule has 1 saturated heterocycles. The van der Waals surface area contributed by atoms with E-state index in [0.29, 0.717) is 0 Å². The standard InChI is InChI=1S/C12H21N3S/c1-12(2,13-3)11-6-14-9-15(11)7-10-4-5-16-8-10/h6,9-10,13H,4-5,7-8H2,1-3H3. The van der Waals surface area contributed by atoms with Crippen molar-refractivity contribution in [2.24, 2.45) is 5.92 Å². The molecule has 1 N–H and O–H groups in total. The van der Waals surface area contributed by atoms with Gasteiger partial charge in [0, 0.05) is 12.7 Å². The fourth-order valence-corrected chi connectivity index (χ4v) is 3.39. The molecule has 1 fully saturated rings. The van der Waals surface area contributed by atoms with Gasteiger partial charge in [-0.3, -0.25) is 0 Å². The van der Waals surface area contributed by atoms with Crippen molar-refractivity contribution in [1.82, 2.24) is 14.9 Å². The highest BCUT2D eigenvalue weighted by atomic mass is 32.2. The molecule has 3 nitrogen and oxygen atoms in total. The number of aromatic nitrogens is 2. The second-order valence-corrected chi connectivity index (χ2v) is 6.19. The van der Waals surface area contributed by atoms with Crippen LogP contribution in [-0.4, -0.2) is 28.1 Å². The van der Waals surface area contributed by atoms with Crippen molar-refractivity contribution in [3.05, 3.63) is 18.2 Å². The van der Waals surface area contributed by atoms with Crippen LogP contribution in [0.25, 0.3) is 0 Å². The molecule has 2 heterocycles. The zero-order valence-corrected chi connectivity index (χ0v) is 11.2. The third kappa shape index (κ3) is 2.43. The van der Waals surface area contributed by atoms with E-state index in [2.05, 4.69) is 40.5 Å². The Hall–Kier alpha value is -0.480. The van der Waals surface area contributed by atoms with Crippen LogP contribution in [0.4, 0.5) is 0 Å². The van der Waals surface area contributed by atoms with E-state index in [4.69, 9.17) is 0 Å². The van der Waals surface area contributed by atoms with Crippen LogP contribution in [-0.2, 0) is 12.1 Å². The first-order chi connectivity index (χ1) is 7.63. The van der Waals surface area contributed by atoms with Crippen molar-refractivity contribution in [2.45, 2.75) is 32.4 Å². The van der Waals surface area contributed by atoms with Gasteiger partial charge < -0.3 is 9.88 Å². The molecule has 1 aliphatic rings. The number of imidazole rings is 1. The summed E-state index contributed by atoms with van der Waals surface area (Å²) in [6.45, 7) is 5.52. The van der Waals surface area contributed by atoms with E-state index in [-0.39, 0.29) is 5.54 Å². The number of hydrogen-bond acceptors (Lipinski definition) is 3. The summed E-state index contributed by atoms with van der Waals surface area (Å²) in [6, 6.07) is 0. The van der Waals surface area contributed by atoms with Gasteiger partial charge in [-0.15, -0.1) is 0 Å². The highest BCUT2D eigenvalue weighted by Crippen LogP contribution is 2.27. The lowest BCUT2D eigenvalue weighted by atomic mass is 10.0. The summed E-state index contributed by atoms with van der Waals surface area (Å²) in [5.41, 5.74) is 1.29. The lowest BCUT2D eigenvalue weighted by Gasteiger charge is -2.26. The van der Waals surface area contributed by atoms with Crippen LogP contribution in [0.15, 0.2) is 12.5 Å². The smallest absolute Gasteiger partial charge is 0.0948 e. The van der Waals surface area contributed by atoms with Gasteiger partial charge in [-0.1, -0.05) is 0 Å². The zero-order chi connectivity index (χ0) is 11.6. The van der Waals surface area contributed by atoms with Crippen molar-refractivity contribution in [1.29, 1.82) is 0 Å². The van der Waals surface area contributed by atoms with Crippen LogP contribution >= 0.6 is 11.8 Å². The van der Waals surface area contributed by atoms with Gasteiger partial charge in [0.15, 0.2) is 0 Å². The van der Waals surface area contributed by atoms with Crippen LogP contribution in [0, 0.1) is 5.92 Å². The van der Waals surface area contributed by atoms with Gasteiger partial charge in [-0.2, -0.15) is 11.8 Å². The molecule has 2 rings (SSSR count). The minimum atomic E-state index is 0.00223. The average Bonchev–Trinajstić information content (AvgIpc) is 2.89. The van der Waals surface area contributed by atoms with E-state index in [9.17, 15) is 0 Å². The van der Waals surface area contributed by atoms with Crippen molar-refractivity contribution in [3.63, 3.8) is 0 Å². The van der Waals surface area contributed by atoms with E-state index < -0.39 is 0 Å². The van der Waals surface area contributed by atoms with Crippen molar-refractivity contribution < 1.29 is 0 Å². The molecule has 0 amide bonds. The Kier molecular flexibility index (Phi) is 3.60. The lowest BCUT2D eigenvalue weighted by Crippen LogP contribution is -2.35. The predicted octanol–water partition coefficient (Wildman–Crippen LogP) is 2.09. The van der Waals surface area contributed by atoms with Gasteiger partial charge in [0.2, 0.25) is 0 Å². The number of nitrogens with zero attached hydrogens (tertiary/aromatic N) is 2. The number of nitrogens with one attached hydrogen (secondary N) is 1. The molecule has 4 heteroatoms. The number of thioether (sulfide) groups is 1. The minimum Gasteiger partial charge on any atom is -0.333 e. The van der Waals surface area contributed by atoms with Crippen LogP contribution in [0.1, 0.15) is 26.0 Å². The molecule has 0 bridgehead atoms. The van der Waals surface area contributed by atoms with Crippen LogP contribution in [0.3, 0.4) is 0 Å². The maximum absolute atomic E-state index is 4.29. The maximum atomic E-state index is 4.29. The molecule has 0 spiro atoms. The fourth-order valence-electron chi connectivity index (χ4n) is 2.12. The molecule has 90 valence electrons. The van der Waals surface area contributed by atoms with E-state index in [0.717, 1.165) is 12.5 Å². The van der Waals surface area contributed by atoms with Gasteiger partial charge in [0.1, 0.15) is 0 Å².